The monoisotopic (exact) mass is 411 g/mol. The lowest BCUT2D eigenvalue weighted by molar-refractivity contribution is 0.288. The molecule has 0 atom stereocenters. The molecule has 0 spiro atoms. The summed E-state index contributed by atoms with van der Waals surface area (Å²) in [5.41, 5.74) is 1.95. The van der Waals surface area contributed by atoms with E-state index in [0.29, 0.717) is 29.7 Å². The predicted octanol–water partition coefficient (Wildman–Crippen LogP) is 5.23. The molecule has 0 saturated heterocycles. The molecule has 0 unspecified atom stereocenters. The van der Waals surface area contributed by atoms with Gasteiger partial charge in [-0.25, -0.2) is 0 Å². The van der Waals surface area contributed by atoms with E-state index < -0.39 is 0 Å². The Hall–Kier alpha value is -1.49. The lowest BCUT2D eigenvalue weighted by Gasteiger charge is -2.15. The molecule has 3 rings (SSSR count). The highest BCUT2D eigenvalue weighted by Gasteiger charge is 2.10. The zero-order valence-electron chi connectivity index (χ0n) is 14.0. The van der Waals surface area contributed by atoms with E-state index in [-0.39, 0.29) is 19.0 Å². The summed E-state index contributed by atoms with van der Waals surface area (Å²) in [6.07, 6.45) is 0. The van der Waals surface area contributed by atoms with E-state index in [1.807, 2.05) is 30.3 Å². The number of aliphatic hydroxyl groups is 1. The summed E-state index contributed by atoms with van der Waals surface area (Å²) in [6.45, 7) is 1.61. The average Bonchev–Trinajstić information content (AvgIpc) is 2.62. The van der Waals surface area contributed by atoms with E-state index in [1.54, 1.807) is 12.1 Å². The molecule has 0 heterocycles. The Bertz CT molecular complexity index is 871. The second-order valence-electron chi connectivity index (χ2n) is 5.69. The summed E-state index contributed by atoms with van der Waals surface area (Å²) >= 11 is 12.2. The highest BCUT2D eigenvalue weighted by molar-refractivity contribution is 6.35. The van der Waals surface area contributed by atoms with Gasteiger partial charge in [-0.2, -0.15) is 0 Å². The number of hydrogen-bond donors (Lipinski definition) is 2. The Balaban J connectivity index is 0.00000243. The molecule has 3 aromatic rings. The van der Waals surface area contributed by atoms with Gasteiger partial charge in [-0.05, 0) is 29.0 Å². The zero-order chi connectivity index (χ0) is 17.6. The van der Waals surface area contributed by atoms with Gasteiger partial charge in [0, 0.05) is 34.3 Å². The minimum absolute atomic E-state index is 0. The Morgan fingerprint density at radius 3 is 2.58 bits per heavy atom. The van der Waals surface area contributed by atoms with Crippen molar-refractivity contribution in [1.82, 2.24) is 5.32 Å². The van der Waals surface area contributed by atoms with Gasteiger partial charge in [-0.1, -0.05) is 59.6 Å². The van der Waals surface area contributed by atoms with Crippen LogP contribution >= 0.6 is 35.6 Å². The van der Waals surface area contributed by atoms with Crippen molar-refractivity contribution >= 4 is 46.4 Å². The maximum Gasteiger partial charge on any atom is 0.124 e. The first-order chi connectivity index (χ1) is 12.2. The van der Waals surface area contributed by atoms with Crippen molar-refractivity contribution in [2.24, 2.45) is 0 Å². The van der Waals surface area contributed by atoms with Crippen LogP contribution in [0.1, 0.15) is 11.1 Å². The van der Waals surface area contributed by atoms with Crippen molar-refractivity contribution in [3.63, 3.8) is 0 Å². The average molecular weight is 413 g/mol. The van der Waals surface area contributed by atoms with E-state index in [0.717, 1.165) is 27.6 Å². The molecule has 26 heavy (non-hydrogen) atoms. The van der Waals surface area contributed by atoms with Crippen LogP contribution in [0, 0.1) is 0 Å². The molecule has 3 nitrogen and oxygen atoms in total. The number of nitrogens with one attached hydrogen (secondary N) is 1. The van der Waals surface area contributed by atoms with Crippen molar-refractivity contribution in [3.05, 3.63) is 75.8 Å². The lowest BCUT2D eigenvalue weighted by atomic mass is 10.0. The van der Waals surface area contributed by atoms with Gasteiger partial charge >= 0.3 is 0 Å². The Morgan fingerprint density at radius 1 is 1.00 bits per heavy atom. The first-order valence-corrected chi connectivity index (χ1v) is 8.83. The molecule has 0 aromatic heterocycles. The van der Waals surface area contributed by atoms with Crippen molar-refractivity contribution < 1.29 is 9.84 Å². The van der Waals surface area contributed by atoms with Crippen molar-refractivity contribution in [1.29, 1.82) is 0 Å². The summed E-state index contributed by atoms with van der Waals surface area (Å²) in [7, 11) is 0. The summed E-state index contributed by atoms with van der Waals surface area (Å²) in [5, 5.41) is 15.7. The molecule has 0 bridgehead atoms. The summed E-state index contributed by atoms with van der Waals surface area (Å²) < 4.78 is 6.05. The molecule has 0 radical (unpaired) electrons. The second-order valence-corrected chi connectivity index (χ2v) is 6.53. The largest absolute Gasteiger partial charge is 0.488 e. The molecule has 0 amide bonds. The number of aliphatic hydroxyl groups excluding tert-OH is 1. The van der Waals surface area contributed by atoms with E-state index in [2.05, 4.69) is 17.4 Å². The SMILES string of the molecule is Cl.OCCNCc1c(OCc2ccc(Cl)cc2Cl)ccc2ccccc12. The van der Waals surface area contributed by atoms with E-state index in [9.17, 15) is 0 Å². The maximum atomic E-state index is 9.01. The number of hydrogen-bond acceptors (Lipinski definition) is 3. The van der Waals surface area contributed by atoms with Crippen LogP contribution < -0.4 is 10.1 Å². The van der Waals surface area contributed by atoms with Crippen LogP contribution in [0.5, 0.6) is 5.75 Å². The molecule has 138 valence electrons. The number of rotatable bonds is 7. The molecule has 6 heteroatoms. The van der Waals surface area contributed by atoms with E-state index in [1.165, 1.54) is 0 Å². The number of ether oxygens (including phenoxy) is 1. The van der Waals surface area contributed by atoms with Gasteiger partial charge in [0.25, 0.3) is 0 Å². The van der Waals surface area contributed by atoms with Crippen LogP contribution in [0.4, 0.5) is 0 Å². The van der Waals surface area contributed by atoms with Crippen LogP contribution in [0.25, 0.3) is 10.8 Å². The fraction of sp³-hybridized carbons (Fsp3) is 0.200. The number of halogens is 3. The highest BCUT2D eigenvalue weighted by Crippen LogP contribution is 2.30. The Labute approximate surface area is 169 Å². The van der Waals surface area contributed by atoms with Gasteiger partial charge in [0.05, 0.1) is 6.61 Å². The van der Waals surface area contributed by atoms with E-state index in [4.69, 9.17) is 33.0 Å². The molecular formula is C20H20Cl3NO2. The fourth-order valence-corrected chi connectivity index (χ4v) is 3.18. The number of benzene rings is 3. The summed E-state index contributed by atoms with van der Waals surface area (Å²) in [5.74, 6) is 0.801. The predicted molar refractivity (Wildman–Crippen MR) is 111 cm³/mol. The van der Waals surface area contributed by atoms with Crippen LogP contribution in [-0.2, 0) is 13.2 Å². The standard InChI is InChI=1S/C20H19Cl2NO2.ClH/c21-16-7-5-15(19(22)11-16)13-25-20-8-6-14-3-1-2-4-17(14)18(20)12-23-9-10-24;/h1-8,11,23-24H,9-10,12-13H2;1H. The summed E-state index contributed by atoms with van der Waals surface area (Å²) in [4.78, 5) is 0. The molecular weight excluding hydrogens is 393 g/mol. The van der Waals surface area contributed by atoms with Crippen LogP contribution in [0.15, 0.2) is 54.6 Å². The minimum atomic E-state index is 0. The van der Waals surface area contributed by atoms with Gasteiger partial charge in [-0.15, -0.1) is 12.4 Å². The van der Waals surface area contributed by atoms with E-state index >= 15 is 0 Å². The van der Waals surface area contributed by atoms with Crippen molar-refractivity contribution in [3.8, 4) is 5.75 Å². The van der Waals surface area contributed by atoms with Crippen LogP contribution in [-0.4, -0.2) is 18.3 Å². The molecule has 0 aliphatic rings. The number of fused-ring (bicyclic) bond motifs is 1. The topological polar surface area (TPSA) is 41.5 Å². The second kappa shape index (κ2) is 10.0. The first kappa shape index (κ1) is 20.8. The fourth-order valence-electron chi connectivity index (χ4n) is 2.72. The van der Waals surface area contributed by atoms with Gasteiger partial charge in [-0.3, -0.25) is 0 Å². The van der Waals surface area contributed by atoms with Gasteiger partial charge in [0.2, 0.25) is 0 Å². The molecule has 0 fully saturated rings. The van der Waals surface area contributed by atoms with Crippen molar-refractivity contribution in [2.45, 2.75) is 13.2 Å². The molecule has 0 saturated carbocycles. The highest BCUT2D eigenvalue weighted by atomic mass is 35.5. The minimum Gasteiger partial charge on any atom is -0.488 e. The first-order valence-electron chi connectivity index (χ1n) is 8.08. The van der Waals surface area contributed by atoms with Gasteiger partial charge in [0.15, 0.2) is 0 Å². The third kappa shape index (κ3) is 5.03. The Kier molecular flexibility index (Phi) is 8.01. The quantitative estimate of drug-likeness (QED) is 0.522. The molecule has 0 aliphatic carbocycles. The maximum absolute atomic E-state index is 9.01. The molecule has 0 aliphatic heterocycles. The zero-order valence-corrected chi connectivity index (χ0v) is 16.4. The Morgan fingerprint density at radius 2 is 1.81 bits per heavy atom. The van der Waals surface area contributed by atoms with Crippen LogP contribution in [0.2, 0.25) is 10.0 Å². The smallest absolute Gasteiger partial charge is 0.124 e. The normalized spacial score (nSPS) is 10.6. The molecule has 2 N–H and O–H groups in total. The molecule has 3 aromatic carbocycles. The third-order valence-electron chi connectivity index (χ3n) is 3.99. The summed E-state index contributed by atoms with van der Waals surface area (Å²) in [6, 6.07) is 17.6. The third-order valence-corrected chi connectivity index (χ3v) is 4.57. The van der Waals surface area contributed by atoms with Crippen molar-refractivity contribution in [2.75, 3.05) is 13.2 Å². The van der Waals surface area contributed by atoms with Crippen LogP contribution in [0.3, 0.4) is 0 Å². The van der Waals surface area contributed by atoms with Gasteiger partial charge < -0.3 is 15.2 Å². The van der Waals surface area contributed by atoms with Gasteiger partial charge in [0.1, 0.15) is 12.4 Å². The lowest BCUT2D eigenvalue weighted by Crippen LogP contribution is -2.18.